The van der Waals surface area contributed by atoms with E-state index in [1.54, 1.807) is 13.8 Å². The van der Waals surface area contributed by atoms with Gasteiger partial charge >= 0.3 is 5.97 Å². The van der Waals surface area contributed by atoms with E-state index in [1.165, 1.54) is 25.2 Å². The highest BCUT2D eigenvalue weighted by molar-refractivity contribution is 7.80. The average Bonchev–Trinajstić information content (AvgIpc) is 2.93. The second-order valence-electron chi connectivity index (χ2n) is 10.5. The van der Waals surface area contributed by atoms with Crippen molar-refractivity contribution in [2.75, 3.05) is 6.61 Å². The number of alkyl halides is 2. The van der Waals surface area contributed by atoms with Crippen LogP contribution in [0.4, 0.5) is 8.78 Å². The number of fused-ring (bicyclic) bond motifs is 5. The molecule has 0 aromatic heterocycles. The van der Waals surface area contributed by atoms with E-state index >= 15 is 8.78 Å². The number of thiocarbonyl (C=S) groups is 1. The van der Waals surface area contributed by atoms with E-state index in [1.807, 2.05) is 13.8 Å². The Morgan fingerprint density at radius 2 is 1.97 bits per heavy atom. The Balaban J connectivity index is 1.88. The van der Waals surface area contributed by atoms with Crippen molar-refractivity contribution in [3.63, 3.8) is 0 Å². The summed E-state index contributed by atoms with van der Waals surface area (Å²) >= 11 is 5.62. The van der Waals surface area contributed by atoms with Crippen molar-refractivity contribution in [2.45, 2.75) is 77.4 Å². The fourth-order valence-electron chi connectivity index (χ4n) is 7.68. The highest BCUT2D eigenvalue weighted by Gasteiger charge is 2.77. The van der Waals surface area contributed by atoms with Crippen LogP contribution in [0.5, 0.6) is 0 Å². The van der Waals surface area contributed by atoms with Gasteiger partial charge in [0.1, 0.15) is 6.17 Å². The van der Waals surface area contributed by atoms with Gasteiger partial charge in [-0.25, -0.2) is 8.78 Å². The summed E-state index contributed by atoms with van der Waals surface area (Å²) in [5.41, 5.74) is -5.88. The van der Waals surface area contributed by atoms with Crippen molar-refractivity contribution in [2.24, 2.45) is 28.6 Å². The van der Waals surface area contributed by atoms with Crippen LogP contribution in [0.2, 0.25) is 0 Å². The third-order valence-electron chi connectivity index (χ3n) is 9.05. The number of ether oxygens (including phenoxy) is 2. The minimum absolute atomic E-state index is 0.0445. The number of ketones is 1. The highest BCUT2D eigenvalue weighted by Crippen LogP contribution is 2.71. The number of esters is 1. The van der Waals surface area contributed by atoms with Gasteiger partial charge in [0.15, 0.2) is 17.1 Å². The molecule has 4 aliphatic carbocycles. The first-order chi connectivity index (χ1) is 15.3. The highest BCUT2D eigenvalue weighted by atomic mass is 32.1. The summed E-state index contributed by atoms with van der Waals surface area (Å²) < 4.78 is 44.4. The number of aliphatic hydroxyl groups excluding tert-OH is 1. The van der Waals surface area contributed by atoms with Gasteiger partial charge in [-0.15, -0.1) is 0 Å². The summed E-state index contributed by atoms with van der Waals surface area (Å²) in [7, 11) is 0. The number of aliphatic hydroxyl groups is 1. The van der Waals surface area contributed by atoms with Gasteiger partial charge in [-0.3, -0.25) is 9.59 Å². The molecule has 0 amide bonds. The van der Waals surface area contributed by atoms with Crippen LogP contribution in [0.3, 0.4) is 0 Å². The minimum atomic E-state index is -2.19. The Morgan fingerprint density at radius 3 is 2.58 bits per heavy atom. The molecule has 0 saturated heterocycles. The molecule has 4 rings (SSSR count). The summed E-state index contributed by atoms with van der Waals surface area (Å²) in [5.74, 6) is -2.55. The molecule has 0 heterocycles. The zero-order chi connectivity index (χ0) is 24.6. The lowest BCUT2D eigenvalue weighted by Gasteiger charge is -2.63. The van der Waals surface area contributed by atoms with Crippen molar-refractivity contribution in [3.05, 3.63) is 23.8 Å². The van der Waals surface area contributed by atoms with Gasteiger partial charge < -0.3 is 14.6 Å². The molecule has 0 aromatic rings. The van der Waals surface area contributed by atoms with E-state index in [-0.39, 0.29) is 41.8 Å². The van der Waals surface area contributed by atoms with E-state index in [0.29, 0.717) is 6.42 Å². The zero-order valence-corrected chi connectivity index (χ0v) is 20.5. The van der Waals surface area contributed by atoms with Crippen molar-refractivity contribution in [3.8, 4) is 0 Å². The number of hydrogen-bond donors (Lipinski definition) is 1. The Labute approximate surface area is 198 Å². The fraction of sp³-hybridized carbons (Fsp3) is 0.720. The monoisotopic (exact) mass is 482 g/mol. The summed E-state index contributed by atoms with van der Waals surface area (Å²) in [4.78, 5) is 24.2. The predicted octanol–water partition coefficient (Wildman–Crippen LogP) is 4.22. The van der Waals surface area contributed by atoms with Gasteiger partial charge in [-0.2, -0.15) is 0 Å². The number of carbonyl (C=O) groups excluding carboxylic acids is 2. The van der Waals surface area contributed by atoms with Crippen molar-refractivity contribution < 1.29 is 33.0 Å². The summed E-state index contributed by atoms with van der Waals surface area (Å²) in [6.07, 6.45) is 1.05. The maximum Gasteiger partial charge on any atom is 0.303 e. The fourth-order valence-corrected chi connectivity index (χ4v) is 8.28. The SMILES string of the molecule is CCOC(=S)[C@@]1(OC(C)=O)[C@H](C)C[C@H]2[C@@H]3C[C@H](F)C4=CC(=O)C=C[C@]4(C)[C@@]3(F)[C@@H](O)C[C@@]21C. The molecule has 0 bridgehead atoms. The first kappa shape index (κ1) is 24.5. The molecular weight excluding hydrogens is 450 g/mol. The van der Waals surface area contributed by atoms with Gasteiger partial charge in [0, 0.05) is 29.6 Å². The molecule has 182 valence electrons. The van der Waals surface area contributed by atoms with Crippen molar-refractivity contribution in [1.29, 1.82) is 0 Å². The van der Waals surface area contributed by atoms with Gasteiger partial charge in [0.25, 0.3) is 0 Å². The van der Waals surface area contributed by atoms with E-state index in [4.69, 9.17) is 21.7 Å². The molecule has 4 aliphatic rings. The van der Waals surface area contributed by atoms with Crippen molar-refractivity contribution in [1.82, 2.24) is 0 Å². The topological polar surface area (TPSA) is 72.8 Å². The van der Waals surface area contributed by atoms with E-state index in [9.17, 15) is 14.7 Å². The molecule has 9 atom stereocenters. The van der Waals surface area contributed by atoms with Crippen LogP contribution in [0.25, 0.3) is 0 Å². The van der Waals surface area contributed by atoms with Crippen LogP contribution < -0.4 is 0 Å². The summed E-state index contributed by atoms with van der Waals surface area (Å²) in [6.45, 7) is 8.63. The molecule has 0 radical (unpaired) electrons. The molecule has 0 spiro atoms. The molecule has 3 saturated carbocycles. The van der Waals surface area contributed by atoms with Gasteiger partial charge in [0.2, 0.25) is 5.05 Å². The lowest BCUT2D eigenvalue weighted by Crippen LogP contribution is -2.70. The number of carbonyl (C=O) groups is 2. The number of hydrogen-bond acceptors (Lipinski definition) is 6. The van der Waals surface area contributed by atoms with Crippen molar-refractivity contribution >= 4 is 29.0 Å². The van der Waals surface area contributed by atoms with E-state index in [2.05, 4.69) is 0 Å². The van der Waals surface area contributed by atoms with Crippen LogP contribution in [0.15, 0.2) is 23.8 Å². The quantitative estimate of drug-likeness (QED) is 0.480. The molecule has 0 unspecified atom stereocenters. The smallest absolute Gasteiger partial charge is 0.303 e. The van der Waals surface area contributed by atoms with Crippen LogP contribution in [0.1, 0.15) is 53.9 Å². The van der Waals surface area contributed by atoms with Crippen LogP contribution >= 0.6 is 12.2 Å². The molecule has 0 aromatic carbocycles. The normalized spacial score (nSPS) is 48.3. The van der Waals surface area contributed by atoms with Gasteiger partial charge in [-0.1, -0.05) is 19.9 Å². The van der Waals surface area contributed by atoms with Crippen LogP contribution in [-0.4, -0.2) is 52.1 Å². The Morgan fingerprint density at radius 1 is 1.30 bits per heavy atom. The van der Waals surface area contributed by atoms with Gasteiger partial charge in [0.05, 0.1) is 12.7 Å². The van der Waals surface area contributed by atoms with Crippen LogP contribution in [-0.2, 0) is 19.1 Å². The first-order valence-electron chi connectivity index (χ1n) is 11.6. The molecule has 5 nitrogen and oxygen atoms in total. The Kier molecular flexibility index (Phi) is 5.68. The number of halogens is 2. The minimum Gasteiger partial charge on any atom is -0.484 e. The maximum absolute atomic E-state index is 17.2. The van der Waals surface area contributed by atoms with E-state index < -0.39 is 52.2 Å². The summed E-state index contributed by atoms with van der Waals surface area (Å²) in [6, 6.07) is 0. The molecule has 1 N–H and O–H groups in total. The average molecular weight is 483 g/mol. The number of allylic oxidation sites excluding steroid dienone is 4. The summed E-state index contributed by atoms with van der Waals surface area (Å²) in [5, 5.41) is 11.5. The third kappa shape index (κ3) is 2.92. The maximum atomic E-state index is 17.2. The van der Waals surface area contributed by atoms with E-state index in [0.717, 1.165) is 0 Å². The predicted molar refractivity (Wildman–Crippen MR) is 122 cm³/mol. The standard InChI is InChI=1S/C25H32F2O5S/c1-6-31-21(33)25(32-14(3)28)13(2)9-16-17-11-19(26)18-10-15(29)7-8-22(18,4)24(17,27)20(30)12-23(16,25)5/h7-8,10,13,16-17,19-20,30H,6,9,11-12H2,1-5H3/t13-,16+,17+,19+,20+,22+,23+,24+,25+/m1/s1. The lowest BCUT2D eigenvalue weighted by atomic mass is 9.44. The molecule has 33 heavy (non-hydrogen) atoms. The molecule has 0 aliphatic heterocycles. The third-order valence-corrected chi connectivity index (χ3v) is 9.47. The lowest BCUT2D eigenvalue weighted by molar-refractivity contribution is -0.222. The van der Waals surface area contributed by atoms with Crippen LogP contribution in [0, 0.1) is 28.6 Å². The number of rotatable bonds is 3. The second-order valence-corrected chi connectivity index (χ2v) is 10.9. The molecule has 3 fully saturated rings. The largest absolute Gasteiger partial charge is 0.484 e. The molecular formula is C25H32F2O5S. The molecule has 8 heteroatoms. The Bertz CT molecular complexity index is 964. The first-order valence-corrected chi connectivity index (χ1v) is 12.0. The zero-order valence-electron chi connectivity index (χ0n) is 19.7. The Hall–Kier alpha value is -1.67. The second kappa shape index (κ2) is 7.67. The van der Waals surface area contributed by atoms with Gasteiger partial charge in [-0.05, 0) is 69.0 Å².